The van der Waals surface area contributed by atoms with Gasteiger partial charge in [0.05, 0.1) is 10.0 Å². The first kappa shape index (κ1) is 13.3. The van der Waals surface area contributed by atoms with Crippen LogP contribution in [0, 0.1) is 0 Å². The van der Waals surface area contributed by atoms with Gasteiger partial charge in [0.1, 0.15) is 5.15 Å². The van der Waals surface area contributed by atoms with Crippen LogP contribution in [-0.4, -0.2) is 11.5 Å². The van der Waals surface area contributed by atoms with Crippen LogP contribution in [0.2, 0.25) is 15.2 Å². The summed E-state index contributed by atoms with van der Waals surface area (Å²) in [6, 6.07) is 0.218. The smallest absolute Gasteiger partial charge is 0.148 e. The minimum atomic E-state index is 0. The molecule has 0 amide bonds. The largest absolute Gasteiger partial charge is 0.310 e. The van der Waals surface area contributed by atoms with E-state index < -0.39 is 0 Å². The first-order valence-electron chi connectivity index (χ1n) is 4.43. The van der Waals surface area contributed by atoms with E-state index in [1.807, 2.05) is 0 Å². The van der Waals surface area contributed by atoms with Crippen LogP contribution in [0.5, 0.6) is 0 Å². The van der Waals surface area contributed by atoms with E-state index in [4.69, 9.17) is 34.8 Å². The van der Waals surface area contributed by atoms with Crippen LogP contribution >= 0.6 is 47.2 Å². The van der Waals surface area contributed by atoms with Crippen molar-refractivity contribution in [1.82, 2.24) is 10.3 Å². The van der Waals surface area contributed by atoms with Crippen molar-refractivity contribution in [1.29, 1.82) is 0 Å². The molecule has 1 aliphatic rings. The lowest BCUT2D eigenvalue weighted by Gasteiger charge is -2.14. The highest BCUT2D eigenvalue weighted by molar-refractivity contribution is 6.43. The van der Waals surface area contributed by atoms with Crippen molar-refractivity contribution >= 4 is 47.2 Å². The predicted molar refractivity (Wildman–Crippen MR) is 66.5 cm³/mol. The van der Waals surface area contributed by atoms with E-state index in [2.05, 4.69) is 10.3 Å². The fourth-order valence-electron chi connectivity index (χ4n) is 1.71. The molecule has 15 heavy (non-hydrogen) atoms. The Bertz CT molecular complexity index is 350. The van der Waals surface area contributed by atoms with Crippen LogP contribution in [0.1, 0.15) is 24.4 Å². The van der Waals surface area contributed by atoms with Crippen LogP contribution in [0.15, 0.2) is 6.20 Å². The molecule has 0 bridgehead atoms. The molecule has 1 fully saturated rings. The maximum absolute atomic E-state index is 6.06. The van der Waals surface area contributed by atoms with E-state index in [1.165, 1.54) is 0 Å². The van der Waals surface area contributed by atoms with Gasteiger partial charge >= 0.3 is 0 Å². The summed E-state index contributed by atoms with van der Waals surface area (Å²) < 4.78 is 0. The van der Waals surface area contributed by atoms with E-state index in [0.717, 1.165) is 24.9 Å². The summed E-state index contributed by atoms with van der Waals surface area (Å²) in [6.07, 6.45) is 3.72. The zero-order valence-corrected chi connectivity index (χ0v) is 10.8. The third kappa shape index (κ3) is 2.69. The molecule has 1 N–H and O–H groups in total. The van der Waals surface area contributed by atoms with Gasteiger partial charge in [0, 0.05) is 17.8 Å². The molecular weight excluding hydrogens is 278 g/mol. The normalized spacial score (nSPS) is 20.1. The summed E-state index contributed by atoms with van der Waals surface area (Å²) in [4.78, 5) is 3.88. The van der Waals surface area contributed by atoms with E-state index in [9.17, 15) is 0 Å². The van der Waals surface area contributed by atoms with Crippen LogP contribution < -0.4 is 5.32 Å². The lowest BCUT2D eigenvalue weighted by Crippen LogP contribution is -2.14. The molecule has 1 aromatic rings. The van der Waals surface area contributed by atoms with Gasteiger partial charge < -0.3 is 5.32 Å². The van der Waals surface area contributed by atoms with E-state index in [0.29, 0.717) is 15.2 Å². The maximum atomic E-state index is 6.06. The molecule has 2 rings (SSSR count). The number of nitrogens with zero attached hydrogens (tertiary/aromatic N) is 1. The van der Waals surface area contributed by atoms with Gasteiger partial charge in [-0.2, -0.15) is 0 Å². The number of hydrogen-bond acceptors (Lipinski definition) is 2. The van der Waals surface area contributed by atoms with Gasteiger partial charge in [-0.05, 0) is 19.4 Å². The zero-order valence-electron chi connectivity index (χ0n) is 7.77. The Morgan fingerprint density at radius 3 is 2.67 bits per heavy atom. The van der Waals surface area contributed by atoms with Gasteiger partial charge in [-0.15, -0.1) is 12.4 Å². The lowest BCUT2D eigenvalue weighted by atomic mass is 10.1. The zero-order chi connectivity index (χ0) is 10.1. The maximum Gasteiger partial charge on any atom is 0.148 e. The molecule has 0 aromatic carbocycles. The molecule has 2 heterocycles. The highest BCUT2D eigenvalue weighted by atomic mass is 35.5. The van der Waals surface area contributed by atoms with Crippen molar-refractivity contribution in [2.45, 2.75) is 18.9 Å². The Labute approximate surface area is 110 Å². The van der Waals surface area contributed by atoms with Gasteiger partial charge in [0.25, 0.3) is 0 Å². The van der Waals surface area contributed by atoms with Gasteiger partial charge in [0.15, 0.2) is 0 Å². The third-order valence-corrected chi connectivity index (χ3v) is 3.44. The number of pyridine rings is 1. The van der Waals surface area contributed by atoms with Crippen LogP contribution in [0.4, 0.5) is 0 Å². The third-order valence-electron chi connectivity index (χ3n) is 2.37. The SMILES string of the molecule is Cl.Clc1cnc(Cl)c(Cl)c1[C@H]1CCCN1. The van der Waals surface area contributed by atoms with Gasteiger partial charge in [-0.3, -0.25) is 0 Å². The summed E-state index contributed by atoms with van der Waals surface area (Å²) in [6.45, 7) is 0.997. The van der Waals surface area contributed by atoms with Crippen molar-refractivity contribution in [3.05, 3.63) is 27.0 Å². The lowest BCUT2D eigenvalue weighted by molar-refractivity contribution is 0.647. The molecule has 0 unspecified atom stereocenters. The molecule has 2 nitrogen and oxygen atoms in total. The Kier molecular flexibility index (Phi) is 4.94. The Morgan fingerprint density at radius 2 is 2.07 bits per heavy atom. The molecule has 1 aliphatic heterocycles. The molecular formula is C9H10Cl4N2. The standard InChI is InChI=1S/C9H9Cl3N2.ClH/c10-5-4-14-9(12)8(11)7(5)6-2-1-3-13-6;/h4,6,13H,1-3H2;1H/t6-;/m1./s1. The molecule has 0 spiro atoms. The number of aromatic nitrogens is 1. The predicted octanol–water partition coefficient (Wildman–Crippen LogP) is 3.89. The highest BCUT2D eigenvalue weighted by Crippen LogP contribution is 2.37. The Morgan fingerprint density at radius 1 is 1.33 bits per heavy atom. The van der Waals surface area contributed by atoms with E-state index >= 15 is 0 Å². The average Bonchev–Trinajstić information content (AvgIpc) is 2.65. The highest BCUT2D eigenvalue weighted by Gasteiger charge is 2.23. The van der Waals surface area contributed by atoms with Crippen LogP contribution in [0.25, 0.3) is 0 Å². The fourth-order valence-corrected chi connectivity index (χ4v) is 2.46. The Balaban J connectivity index is 0.00000112. The summed E-state index contributed by atoms with van der Waals surface area (Å²) in [7, 11) is 0. The van der Waals surface area contributed by atoms with Crippen molar-refractivity contribution in [3.8, 4) is 0 Å². The molecule has 1 saturated heterocycles. The van der Waals surface area contributed by atoms with Crippen molar-refractivity contribution < 1.29 is 0 Å². The second-order valence-electron chi connectivity index (χ2n) is 3.27. The molecule has 0 aliphatic carbocycles. The molecule has 0 saturated carbocycles. The molecule has 1 atom stereocenters. The van der Waals surface area contributed by atoms with Crippen LogP contribution in [0.3, 0.4) is 0 Å². The number of hydrogen-bond donors (Lipinski definition) is 1. The Hall–Kier alpha value is 0.270. The summed E-state index contributed by atoms with van der Waals surface area (Å²) >= 11 is 17.9. The topological polar surface area (TPSA) is 24.9 Å². The molecule has 1 aromatic heterocycles. The number of nitrogens with one attached hydrogen (secondary N) is 1. The van der Waals surface area contributed by atoms with Crippen molar-refractivity contribution in [3.63, 3.8) is 0 Å². The summed E-state index contributed by atoms with van der Waals surface area (Å²) in [5.41, 5.74) is 0.880. The molecule has 84 valence electrons. The van der Waals surface area contributed by atoms with Crippen LogP contribution in [-0.2, 0) is 0 Å². The minimum Gasteiger partial charge on any atom is -0.310 e. The van der Waals surface area contributed by atoms with Gasteiger partial charge in [-0.25, -0.2) is 4.98 Å². The quantitative estimate of drug-likeness (QED) is 0.793. The summed E-state index contributed by atoms with van der Waals surface area (Å²) in [5.74, 6) is 0. The second kappa shape index (κ2) is 5.55. The van der Waals surface area contributed by atoms with E-state index in [1.54, 1.807) is 6.20 Å². The second-order valence-corrected chi connectivity index (χ2v) is 4.42. The molecule has 0 radical (unpaired) electrons. The first-order chi connectivity index (χ1) is 6.70. The number of halogens is 4. The average molecular weight is 288 g/mol. The first-order valence-corrected chi connectivity index (χ1v) is 5.56. The minimum absolute atomic E-state index is 0. The van der Waals surface area contributed by atoms with Crippen molar-refractivity contribution in [2.24, 2.45) is 0 Å². The number of rotatable bonds is 1. The van der Waals surface area contributed by atoms with Crippen molar-refractivity contribution in [2.75, 3.05) is 6.54 Å². The van der Waals surface area contributed by atoms with Gasteiger partial charge in [-0.1, -0.05) is 34.8 Å². The fraction of sp³-hybridized carbons (Fsp3) is 0.444. The van der Waals surface area contributed by atoms with Gasteiger partial charge in [0.2, 0.25) is 0 Å². The molecule has 6 heteroatoms. The van der Waals surface area contributed by atoms with E-state index in [-0.39, 0.29) is 18.4 Å². The summed E-state index contributed by atoms with van der Waals surface area (Å²) in [5, 5.41) is 4.70. The monoisotopic (exact) mass is 286 g/mol.